The van der Waals surface area contributed by atoms with E-state index in [0.717, 1.165) is 43.4 Å². The summed E-state index contributed by atoms with van der Waals surface area (Å²) >= 11 is 0. The lowest BCUT2D eigenvalue weighted by molar-refractivity contribution is -0.128. The van der Waals surface area contributed by atoms with Crippen LogP contribution in [0, 0.1) is 23.2 Å². The van der Waals surface area contributed by atoms with Crippen LogP contribution < -0.4 is 21.4 Å². The summed E-state index contributed by atoms with van der Waals surface area (Å²) in [7, 11) is 0. The first-order chi connectivity index (χ1) is 16.6. The zero-order valence-electron chi connectivity index (χ0n) is 18.9. The molecular weight excluding hydrogens is 434 g/mol. The van der Waals surface area contributed by atoms with Gasteiger partial charge in [-0.3, -0.25) is 9.59 Å². The lowest BCUT2D eigenvalue weighted by Gasteiger charge is -2.39. The summed E-state index contributed by atoms with van der Waals surface area (Å²) in [6, 6.07) is 10.4. The van der Waals surface area contributed by atoms with Crippen LogP contribution in [0.15, 0.2) is 41.3 Å². The Kier molecular flexibility index (Phi) is 6.47. The van der Waals surface area contributed by atoms with E-state index in [9.17, 15) is 14.9 Å². The molecule has 34 heavy (non-hydrogen) atoms. The van der Waals surface area contributed by atoms with Gasteiger partial charge in [-0.25, -0.2) is 15.4 Å². The summed E-state index contributed by atoms with van der Waals surface area (Å²) in [5.74, 6) is -0.359. The first kappa shape index (κ1) is 22.4. The predicted octanol–water partition coefficient (Wildman–Crippen LogP) is 1.75. The van der Waals surface area contributed by atoms with E-state index in [1.165, 1.54) is 12.6 Å². The van der Waals surface area contributed by atoms with Gasteiger partial charge in [0, 0.05) is 30.9 Å². The van der Waals surface area contributed by atoms with E-state index in [1.54, 1.807) is 0 Å². The number of carbonyl (C=O) groups is 2. The van der Waals surface area contributed by atoms with Crippen molar-refractivity contribution in [3.63, 3.8) is 0 Å². The van der Waals surface area contributed by atoms with Gasteiger partial charge in [-0.05, 0) is 37.0 Å². The average molecular weight is 464 g/mol. The fraction of sp³-hybridized carbons (Fsp3) is 0.500. The van der Waals surface area contributed by atoms with E-state index >= 15 is 0 Å². The lowest BCUT2D eigenvalue weighted by atomic mass is 9.83. The minimum Gasteiger partial charge on any atom is -0.438 e. The van der Waals surface area contributed by atoms with Crippen LogP contribution in [0.5, 0.6) is 0 Å². The second-order valence-corrected chi connectivity index (χ2v) is 9.16. The molecule has 2 amide bonds. The Morgan fingerprint density at radius 1 is 1.21 bits per heavy atom. The smallest absolute Gasteiger partial charge is 0.288 e. The largest absolute Gasteiger partial charge is 0.438 e. The molecule has 3 fully saturated rings. The van der Waals surface area contributed by atoms with Gasteiger partial charge in [0.15, 0.2) is 6.39 Å². The molecule has 1 aliphatic carbocycles. The summed E-state index contributed by atoms with van der Waals surface area (Å²) in [5.41, 5.74) is 5.37. The van der Waals surface area contributed by atoms with Crippen LogP contribution in [-0.2, 0) is 11.3 Å². The second-order valence-electron chi connectivity index (χ2n) is 9.16. The summed E-state index contributed by atoms with van der Waals surface area (Å²) in [5, 5.41) is 21.2. The number of benzene rings is 1. The Hall–Kier alpha value is -3.42. The van der Waals surface area contributed by atoms with Gasteiger partial charge < -0.3 is 20.4 Å². The van der Waals surface area contributed by atoms with Crippen LogP contribution in [0.25, 0.3) is 0 Å². The summed E-state index contributed by atoms with van der Waals surface area (Å²) in [6.45, 7) is 1.02. The van der Waals surface area contributed by atoms with E-state index in [2.05, 4.69) is 37.4 Å². The summed E-state index contributed by atoms with van der Waals surface area (Å²) in [6.07, 6.45) is 7.28. The highest BCUT2D eigenvalue weighted by Gasteiger charge is 2.51. The van der Waals surface area contributed by atoms with Gasteiger partial charge in [0.2, 0.25) is 11.7 Å². The Morgan fingerprint density at radius 2 is 2.03 bits per heavy atom. The van der Waals surface area contributed by atoms with Crippen molar-refractivity contribution >= 4 is 17.5 Å². The number of nitrogens with one attached hydrogen (secondary N) is 4. The lowest BCUT2D eigenvalue weighted by Crippen LogP contribution is -2.54. The van der Waals surface area contributed by atoms with Crippen molar-refractivity contribution in [1.82, 2.24) is 26.1 Å². The number of fused-ring (bicyclic) bond motifs is 1. The van der Waals surface area contributed by atoms with Crippen molar-refractivity contribution in [1.29, 1.82) is 5.26 Å². The quantitative estimate of drug-likeness (QED) is 0.509. The van der Waals surface area contributed by atoms with Gasteiger partial charge in [0.25, 0.3) is 5.91 Å². The van der Waals surface area contributed by atoms with E-state index < -0.39 is 0 Å². The van der Waals surface area contributed by atoms with Crippen LogP contribution in [-0.4, -0.2) is 46.6 Å². The van der Waals surface area contributed by atoms with Gasteiger partial charge >= 0.3 is 0 Å². The molecule has 2 aromatic rings. The molecule has 10 nitrogen and oxygen atoms in total. The minimum atomic E-state index is -0.317. The molecule has 1 aromatic heterocycles. The number of anilines is 1. The third kappa shape index (κ3) is 4.49. The minimum absolute atomic E-state index is 0.0166. The van der Waals surface area contributed by atoms with Crippen LogP contribution in [0.4, 0.5) is 5.69 Å². The zero-order valence-corrected chi connectivity index (χ0v) is 18.9. The predicted molar refractivity (Wildman–Crippen MR) is 123 cm³/mol. The number of hydrogen-bond donors (Lipinski definition) is 4. The van der Waals surface area contributed by atoms with Crippen LogP contribution in [0.2, 0.25) is 0 Å². The third-order valence-electron chi connectivity index (χ3n) is 7.10. The molecule has 3 aliphatic rings. The molecule has 2 aliphatic heterocycles. The van der Waals surface area contributed by atoms with E-state index in [0.29, 0.717) is 13.1 Å². The molecule has 4 N–H and O–H groups in total. The standard InChI is InChI=1S/C24H29N7O3/c25-11-16-3-1-2-4-18(16)31-19-9-10-27-24(33)21(19)22(30-31)29-17-7-5-15(6-8-17)12-28-23(32)20-13-26-14-34-20/h5-8,13-14,16,18-19,21-22,29-30H,1-4,9-10,12H2,(H,27,33)(H,28,32)/t16-,18+,19?,21?,22?/m1/s1. The van der Waals surface area contributed by atoms with Gasteiger partial charge in [-0.15, -0.1) is 0 Å². The van der Waals surface area contributed by atoms with Gasteiger partial charge in [-0.1, -0.05) is 25.0 Å². The number of carbonyl (C=O) groups excluding carboxylic acids is 2. The van der Waals surface area contributed by atoms with Crippen LogP contribution in [0.1, 0.15) is 48.2 Å². The number of piperidine rings is 1. The van der Waals surface area contributed by atoms with Crippen molar-refractivity contribution < 1.29 is 14.0 Å². The first-order valence-corrected chi connectivity index (χ1v) is 11.9. The molecule has 5 atom stereocenters. The zero-order chi connectivity index (χ0) is 23.5. The SMILES string of the molecule is N#C[C@H]1CCCC[C@@H]1N1NC(Nc2ccc(CNC(=O)c3cnco3)cc2)C2C(=O)NCCC21. The fourth-order valence-electron chi connectivity index (χ4n) is 5.39. The van der Waals surface area contributed by atoms with Crippen molar-refractivity contribution in [2.45, 2.75) is 56.9 Å². The van der Waals surface area contributed by atoms with Crippen LogP contribution in [0.3, 0.4) is 0 Å². The summed E-state index contributed by atoms with van der Waals surface area (Å²) in [4.78, 5) is 28.6. The van der Waals surface area contributed by atoms with Crippen LogP contribution >= 0.6 is 0 Å². The Morgan fingerprint density at radius 3 is 2.79 bits per heavy atom. The second kappa shape index (κ2) is 9.83. The average Bonchev–Trinajstić information content (AvgIpc) is 3.53. The van der Waals surface area contributed by atoms with E-state index in [4.69, 9.17) is 4.42 Å². The fourth-order valence-corrected chi connectivity index (χ4v) is 5.39. The number of nitriles is 1. The highest BCUT2D eigenvalue weighted by atomic mass is 16.3. The molecule has 5 rings (SSSR count). The Bertz CT molecular complexity index is 1050. The maximum absolute atomic E-state index is 12.8. The number of hydrazine groups is 1. The highest BCUT2D eigenvalue weighted by Crippen LogP contribution is 2.36. The monoisotopic (exact) mass is 463 g/mol. The van der Waals surface area contributed by atoms with Crippen molar-refractivity contribution in [3.8, 4) is 6.07 Å². The van der Waals surface area contributed by atoms with Crippen molar-refractivity contribution in [2.24, 2.45) is 11.8 Å². The summed E-state index contributed by atoms with van der Waals surface area (Å²) < 4.78 is 5.00. The maximum atomic E-state index is 12.8. The molecule has 0 spiro atoms. The topological polar surface area (TPSA) is 135 Å². The highest BCUT2D eigenvalue weighted by molar-refractivity contribution is 5.90. The third-order valence-corrected chi connectivity index (χ3v) is 7.10. The van der Waals surface area contributed by atoms with E-state index in [1.807, 2.05) is 24.3 Å². The molecule has 10 heteroatoms. The molecule has 2 saturated heterocycles. The number of hydrogen-bond acceptors (Lipinski definition) is 8. The maximum Gasteiger partial charge on any atom is 0.288 e. The normalized spacial score (nSPS) is 29.0. The number of aromatic nitrogens is 1. The van der Waals surface area contributed by atoms with Gasteiger partial charge in [0.1, 0.15) is 6.17 Å². The molecular formula is C24H29N7O3. The van der Waals surface area contributed by atoms with E-state index in [-0.39, 0.29) is 47.7 Å². The van der Waals surface area contributed by atoms with Gasteiger partial charge in [0.05, 0.1) is 24.1 Å². The van der Waals surface area contributed by atoms with Crippen molar-refractivity contribution in [2.75, 3.05) is 11.9 Å². The number of nitrogens with zero attached hydrogens (tertiary/aromatic N) is 3. The van der Waals surface area contributed by atoms with Crippen molar-refractivity contribution in [3.05, 3.63) is 48.2 Å². The number of oxazole rings is 1. The number of rotatable bonds is 6. The molecule has 1 saturated carbocycles. The molecule has 0 bridgehead atoms. The molecule has 3 unspecified atom stereocenters. The Balaban J connectivity index is 1.25. The molecule has 0 radical (unpaired) electrons. The Labute approximate surface area is 198 Å². The van der Waals surface area contributed by atoms with Gasteiger partial charge in [-0.2, -0.15) is 5.26 Å². The molecule has 3 heterocycles. The first-order valence-electron chi connectivity index (χ1n) is 11.9. The number of amides is 2. The molecule has 1 aromatic carbocycles. The molecule has 178 valence electrons.